The molecule has 0 spiro atoms. The Morgan fingerprint density at radius 2 is 2.13 bits per heavy atom. The van der Waals surface area contributed by atoms with Crippen molar-refractivity contribution in [3.8, 4) is 0 Å². The van der Waals surface area contributed by atoms with E-state index < -0.39 is 6.17 Å². The van der Waals surface area contributed by atoms with E-state index in [9.17, 15) is 4.39 Å². The molecule has 2 aromatic rings. The second kappa shape index (κ2) is 5.76. The summed E-state index contributed by atoms with van der Waals surface area (Å²) in [7, 11) is 0. The van der Waals surface area contributed by atoms with Gasteiger partial charge < -0.3 is 11.1 Å². The van der Waals surface area contributed by atoms with E-state index in [0.717, 1.165) is 12.8 Å². The molecular weight excluding hydrogens is 293 g/mol. The lowest BCUT2D eigenvalue weighted by Crippen LogP contribution is -2.30. The van der Waals surface area contributed by atoms with Gasteiger partial charge in [-0.2, -0.15) is 15.0 Å². The predicted octanol–water partition coefficient (Wildman–Crippen LogP) is 3.46. The van der Waals surface area contributed by atoms with Crippen molar-refractivity contribution in [2.45, 2.75) is 51.7 Å². The zero-order chi connectivity index (χ0) is 16.6. The molecule has 0 amide bonds. The van der Waals surface area contributed by atoms with Crippen LogP contribution < -0.4 is 11.1 Å². The van der Waals surface area contributed by atoms with Crippen molar-refractivity contribution < 1.29 is 4.39 Å². The summed E-state index contributed by atoms with van der Waals surface area (Å²) in [5.41, 5.74) is 9.21. The Hall–Kier alpha value is -2.24. The van der Waals surface area contributed by atoms with Crippen LogP contribution in [0.3, 0.4) is 0 Å². The van der Waals surface area contributed by atoms with Crippen LogP contribution in [0.25, 0.3) is 0 Å². The van der Waals surface area contributed by atoms with E-state index in [1.165, 1.54) is 16.7 Å². The van der Waals surface area contributed by atoms with Gasteiger partial charge in [-0.25, -0.2) is 4.39 Å². The van der Waals surface area contributed by atoms with E-state index in [1.54, 1.807) is 6.92 Å². The number of benzene rings is 1. The van der Waals surface area contributed by atoms with Crippen molar-refractivity contribution in [3.05, 3.63) is 40.7 Å². The third-order valence-corrected chi connectivity index (χ3v) is 4.45. The maximum absolute atomic E-state index is 13.9. The molecule has 2 atom stereocenters. The Morgan fingerprint density at radius 1 is 1.35 bits per heavy atom. The molecular formula is C17H22FN5. The lowest BCUT2D eigenvalue weighted by molar-refractivity contribution is 0.318. The topological polar surface area (TPSA) is 76.7 Å². The van der Waals surface area contributed by atoms with Gasteiger partial charge in [-0.1, -0.05) is 30.7 Å². The number of nitrogen functional groups attached to an aromatic ring is 1. The lowest BCUT2D eigenvalue weighted by Gasteiger charge is -2.27. The first-order chi connectivity index (χ1) is 10.9. The van der Waals surface area contributed by atoms with E-state index in [1.807, 2.05) is 0 Å². The summed E-state index contributed by atoms with van der Waals surface area (Å²) in [6.45, 7) is 5.94. The molecule has 0 saturated heterocycles. The molecule has 0 fully saturated rings. The van der Waals surface area contributed by atoms with E-state index >= 15 is 0 Å². The zero-order valence-electron chi connectivity index (χ0n) is 13.7. The number of hydrogen-bond donors (Lipinski definition) is 2. The number of aromatic nitrogens is 3. The molecule has 0 radical (unpaired) electrons. The Balaban J connectivity index is 1.94. The molecule has 6 heteroatoms. The van der Waals surface area contributed by atoms with Gasteiger partial charge in [-0.05, 0) is 44.2 Å². The number of halogens is 1. The highest BCUT2D eigenvalue weighted by Gasteiger charge is 2.35. The molecule has 1 unspecified atom stereocenters. The van der Waals surface area contributed by atoms with Gasteiger partial charge in [0, 0.05) is 0 Å². The summed E-state index contributed by atoms with van der Waals surface area (Å²) in [5.74, 6) is 0.466. The molecule has 1 heterocycles. The van der Waals surface area contributed by atoms with E-state index in [4.69, 9.17) is 5.73 Å². The van der Waals surface area contributed by atoms with Crippen molar-refractivity contribution in [1.82, 2.24) is 15.0 Å². The summed E-state index contributed by atoms with van der Waals surface area (Å²) in [6, 6.07) is 6.48. The molecule has 122 valence electrons. The maximum atomic E-state index is 13.9. The van der Waals surface area contributed by atoms with E-state index in [-0.39, 0.29) is 17.3 Å². The summed E-state index contributed by atoms with van der Waals surface area (Å²) < 4.78 is 13.9. The maximum Gasteiger partial charge on any atom is 0.228 e. The van der Waals surface area contributed by atoms with Crippen molar-refractivity contribution in [3.63, 3.8) is 0 Å². The van der Waals surface area contributed by atoms with Crippen LogP contribution in [0.5, 0.6) is 0 Å². The number of fused-ring (bicyclic) bond motifs is 1. The summed E-state index contributed by atoms with van der Waals surface area (Å²) >= 11 is 0. The van der Waals surface area contributed by atoms with Gasteiger partial charge in [0.05, 0.1) is 5.54 Å². The van der Waals surface area contributed by atoms with Crippen LogP contribution in [0.4, 0.5) is 16.3 Å². The Labute approximate surface area is 135 Å². The summed E-state index contributed by atoms with van der Waals surface area (Å²) in [4.78, 5) is 12.3. The summed E-state index contributed by atoms with van der Waals surface area (Å²) in [5, 5.41) is 3.35. The number of nitrogens with one attached hydrogen (secondary N) is 1. The van der Waals surface area contributed by atoms with Gasteiger partial charge in [0.25, 0.3) is 0 Å². The Morgan fingerprint density at radius 3 is 2.87 bits per heavy atom. The van der Waals surface area contributed by atoms with Crippen LogP contribution in [0.1, 0.15) is 55.4 Å². The molecule has 1 aliphatic rings. The quantitative estimate of drug-likeness (QED) is 0.903. The third kappa shape index (κ3) is 2.98. The minimum absolute atomic E-state index is 0.0414. The van der Waals surface area contributed by atoms with Crippen LogP contribution in [-0.4, -0.2) is 15.0 Å². The number of nitrogens with two attached hydrogens (primary N) is 1. The first-order valence-corrected chi connectivity index (χ1v) is 7.95. The van der Waals surface area contributed by atoms with Gasteiger partial charge in [-0.3, -0.25) is 0 Å². The van der Waals surface area contributed by atoms with Crippen LogP contribution in [0.2, 0.25) is 0 Å². The van der Waals surface area contributed by atoms with Crippen LogP contribution in [-0.2, 0) is 12.0 Å². The highest BCUT2D eigenvalue weighted by atomic mass is 19.1. The van der Waals surface area contributed by atoms with Gasteiger partial charge in [-0.15, -0.1) is 0 Å². The fourth-order valence-corrected chi connectivity index (χ4v) is 3.11. The SMILES string of the molecule is CCC(F)c1nc(N)nc(N[C@]2(C)CCc3ccc(C)cc32)n1. The average molecular weight is 315 g/mol. The molecule has 5 nitrogen and oxygen atoms in total. The molecule has 3 N–H and O–H groups in total. The minimum atomic E-state index is -1.23. The first kappa shape index (κ1) is 15.6. The number of hydrogen-bond acceptors (Lipinski definition) is 5. The van der Waals surface area contributed by atoms with E-state index in [0.29, 0.717) is 12.4 Å². The first-order valence-electron chi connectivity index (χ1n) is 7.95. The largest absolute Gasteiger partial charge is 0.368 e. The molecule has 23 heavy (non-hydrogen) atoms. The van der Waals surface area contributed by atoms with Crippen LogP contribution >= 0.6 is 0 Å². The monoisotopic (exact) mass is 315 g/mol. The number of anilines is 2. The van der Waals surface area contributed by atoms with Crippen molar-refractivity contribution in [2.24, 2.45) is 0 Å². The number of alkyl halides is 1. The second-order valence-electron chi connectivity index (χ2n) is 6.37. The molecule has 1 aliphatic carbocycles. The van der Waals surface area contributed by atoms with Crippen LogP contribution in [0, 0.1) is 6.92 Å². The lowest BCUT2D eigenvalue weighted by atomic mass is 9.93. The van der Waals surface area contributed by atoms with Crippen molar-refractivity contribution >= 4 is 11.9 Å². The van der Waals surface area contributed by atoms with Crippen molar-refractivity contribution in [2.75, 3.05) is 11.1 Å². The highest BCUT2D eigenvalue weighted by Crippen LogP contribution is 2.39. The predicted molar refractivity (Wildman–Crippen MR) is 88.9 cm³/mol. The minimum Gasteiger partial charge on any atom is -0.368 e. The highest BCUT2D eigenvalue weighted by molar-refractivity contribution is 5.47. The molecule has 3 rings (SSSR count). The summed E-state index contributed by atoms with van der Waals surface area (Å²) in [6.07, 6.45) is 1.00. The van der Waals surface area contributed by atoms with E-state index in [2.05, 4.69) is 52.3 Å². The molecule has 0 bridgehead atoms. The fourth-order valence-electron chi connectivity index (χ4n) is 3.11. The fraction of sp³-hybridized carbons (Fsp3) is 0.471. The van der Waals surface area contributed by atoms with Crippen LogP contribution in [0.15, 0.2) is 18.2 Å². The smallest absolute Gasteiger partial charge is 0.228 e. The molecule has 1 aromatic heterocycles. The Bertz CT molecular complexity index is 733. The number of nitrogens with zero attached hydrogens (tertiary/aromatic N) is 3. The average Bonchev–Trinajstić information content (AvgIpc) is 2.82. The Kier molecular flexibility index (Phi) is 3.92. The normalized spacial score (nSPS) is 21.0. The molecule has 1 aromatic carbocycles. The van der Waals surface area contributed by atoms with Gasteiger partial charge in [0.15, 0.2) is 12.0 Å². The molecule has 0 saturated carbocycles. The van der Waals surface area contributed by atoms with Gasteiger partial charge in [0.2, 0.25) is 11.9 Å². The third-order valence-electron chi connectivity index (χ3n) is 4.45. The zero-order valence-corrected chi connectivity index (χ0v) is 13.7. The molecule has 0 aliphatic heterocycles. The number of aryl methyl sites for hydroxylation is 2. The standard InChI is InChI=1S/C17H22FN5/c1-4-13(18)14-20-15(19)22-16(21-14)23-17(3)8-7-11-6-5-10(2)9-12(11)17/h5-6,9,13H,4,7-8H2,1-3H3,(H3,19,20,21,22,23)/t13?,17-/m1/s1. The second-order valence-corrected chi connectivity index (χ2v) is 6.37. The number of rotatable bonds is 4. The van der Waals surface area contributed by atoms with Gasteiger partial charge >= 0.3 is 0 Å². The van der Waals surface area contributed by atoms with Gasteiger partial charge in [0.1, 0.15) is 0 Å². The van der Waals surface area contributed by atoms with Crippen molar-refractivity contribution in [1.29, 1.82) is 0 Å².